The average Bonchev–Trinajstić information content (AvgIpc) is 2.34. The molecule has 1 aromatic carbocycles. The van der Waals surface area contributed by atoms with Crippen molar-refractivity contribution in [1.29, 1.82) is 0 Å². The first-order valence-corrected chi connectivity index (χ1v) is 7.04. The van der Waals surface area contributed by atoms with Crippen molar-refractivity contribution in [2.45, 2.75) is 11.8 Å². The van der Waals surface area contributed by atoms with Gasteiger partial charge in [0.2, 0.25) is 5.28 Å². The standard InChI is InChI=1S/C11H10ClN3O3S/c1-7-2-3-8(4-10(7)16)15-19(17,18)9-5-13-11(12)14-6-9/h2-6,15-16H,1H3. The van der Waals surface area contributed by atoms with Crippen LogP contribution in [0.3, 0.4) is 0 Å². The number of nitrogens with one attached hydrogen (secondary N) is 1. The van der Waals surface area contributed by atoms with Gasteiger partial charge in [0.25, 0.3) is 10.0 Å². The van der Waals surface area contributed by atoms with Gasteiger partial charge in [0.15, 0.2) is 0 Å². The molecular formula is C11H10ClN3O3S. The summed E-state index contributed by atoms with van der Waals surface area (Å²) in [5.41, 5.74) is 0.899. The van der Waals surface area contributed by atoms with E-state index in [2.05, 4.69) is 14.7 Å². The lowest BCUT2D eigenvalue weighted by molar-refractivity contribution is 0.471. The second-order valence-electron chi connectivity index (χ2n) is 3.79. The van der Waals surface area contributed by atoms with Gasteiger partial charge in [-0.1, -0.05) is 6.07 Å². The van der Waals surface area contributed by atoms with E-state index in [9.17, 15) is 13.5 Å². The second kappa shape index (κ2) is 5.02. The lowest BCUT2D eigenvalue weighted by Gasteiger charge is -2.08. The van der Waals surface area contributed by atoms with E-state index in [4.69, 9.17) is 11.6 Å². The Labute approximate surface area is 115 Å². The van der Waals surface area contributed by atoms with Crippen LogP contribution in [0.1, 0.15) is 5.56 Å². The highest BCUT2D eigenvalue weighted by Crippen LogP contribution is 2.23. The summed E-state index contributed by atoms with van der Waals surface area (Å²) in [6.07, 6.45) is 2.21. The van der Waals surface area contributed by atoms with Gasteiger partial charge in [-0.3, -0.25) is 4.72 Å². The number of anilines is 1. The van der Waals surface area contributed by atoms with Crippen molar-refractivity contribution in [2.24, 2.45) is 0 Å². The van der Waals surface area contributed by atoms with Gasteiger partial charge in [-0.05, 0) is 30.2 Å². The van der Waals surface area contributed by atoms with Gasteiger partial charge in [-0.25, -0.2) is 18.4 Å². The third kappa shape index (κ3) is 3.12. The van der Waals surface area contributed by atoms with Crippen molar-refractivity contribution in [3.8, 4) is 5.75 Å². The minimum atomic E-state index is -3.80. The molecule has 0 bridgehead atoms. The van der Waals surface area contributed by atoms with Crippen LogP contribution >= 0.6 is 11.6 Å². The summed E-state index contributed by atoms with van der Waals surface area (Å²) in [5, 5.41) is 9.49. The van der Waals surface area contributed by atoms with E-state index in [1.165, 1.54) is 6.07 Å². The van der Waals surface area contributed by atoms with Crippen molar-refractivity contribution < 1.29 is 13.5 Å². The highest BCUT2D eigenvalue weighted by molar-refractivity contribution is 7.92. The number of aromatic nitrogens is 2. The lowest BCUT2D eigenvalue weighted by atomic mass is 10.2. The van der Waals surface area contributed by atoms with Crippen molar-refractivity contribution >= 4 is 27.3 Å². The molecule has 6 nitrogen and oxygen atoms in total. The molecule has 0 atom stereocenters. The van der Waals surface area contributed by atoms with Gasteiger partial charge in [0.05, 0.1) is 18.1 Å². The topological polar surface area (TPSA) is 92.2 Å². The van der Waals surface area contributed by atoms with Crippen molar-refractivity contribution in [3.63, 3.8) is 0 Å². The molecule has 0 amide bonds. The predicted octanol–water partition coefficient (Wildman–Crippen LogP) is 1.94. The molecule has 0 radical (unpaired) electrons. The SMILES string of the molecule is Cc1ccc(NS(=O)(=O)c2cnc(Cl)nc2)cc1O. The number of benzene rings is 1. The van der Waals surface area contributed by atoms with Crippen LogP contribution < -0.4 is 4.72 Å². The summed E-state index contributed by atoms with van der Waals surface area (Å²) in [6, 6.07) is 4.47. The van der Waals surface area contributed by atoms with Crippen LogP contribution in [0.15, 0.2) is 35.5 Å². The summed E-state index contributed by atoms with van der Waals surface area (Å²) in [5.74, 6) is 0.00700. The molecule has 1 heterocycles. The van der Waals surface area contributed by atoms with Crippen LogP contribution in [0.4, 0.5) is 5.69 Å². The van der Waals surface area contributed by atoms with E-state index in [1.54, 1.807) is 19.1 Å². The largest absolute Gasteiger partial charge is 0.508 e. The third-order valence-electron chi connectivity index (χ3n) is 2.37. The van der Waals surface area contributed by atoms with Gasteiger partial charge >= 0.3 is 0 Å². The Balaban J connectivity index is 2.30. The molecule has 1 aromatic heterocycles. The minimum Gasteiger partial charge on any atom is -0.508 e. The Bertz CT molecular complexity index is 702. The van der Waals surface area contributed by atoms with Crippen LogP contribution in [0, 0.1) is 6.92 Å². The molecule has 19 heavy (non-hydrogen) atoms. The Morgan fingerprint density at radius 1 is 1.26 bits per heavy atom. The lowest BCUT2D eigenvalue weighted by Crippen LogP contribution is -2.13. The van der Waals surface area contributed by atoms with Gasteiger partial charge < -0.3 is 5.11 Å². The number of hydrogen-bond donors (Lipinski definition) is 2. The number of halogens is 1. The highest BCUT2D eigenvalue weighted by Gasteiger charge is 2.15. The molecule has 0 aliphatic carbocycles. The molecule has 2 rings (SSSR count). The Morgan fingerprint density at radius 2 is 1.89 bits per heavy atom. The van der Waals surface area contributed by atoms with E-state index >= 15 is 0 Å². The normalized spacial score (nSPS) is 11.3. The van der Waals surface area contributed by atoms with E-state index < -0.39 is 10.0 Å². The fourth-order valence-electron chi connectivity index (χ4n) is 1.33. The first kappa shape index (κ1) is 13.6. The number of sulfonamides is 1. The molecule has 100 valence electrons. The fourth-order valence-corrected chi connectivity index (χ4v) is 2.36. The van der Waals surface area contributed by atoms with E-state index in [-0.39, 0.29) is 21.6 Å². The first-order valence-electron chi connectivity index (χ1n) is 5.18. The van der Waals surface area contributed by atoms with E-state index in [0.29, 0.717) is 5.56 Å². The van der Waals surface area contributed by atoms with Crippen LogP contribution in [0.5, 0.6) is 5.75 Å². The maximum Gasteiger partial charge on any atom is 0.264 e. The molecule has 0 aliphatic heterocycles. The molecule has 0 saturated heterocycles. The summed E-state index contributed by atoms with van der Waals surface area (Å²) in [6.45, 7) is 1.71. The average molecular weight is 300 g/mol. The summed E-state index contributed by atoms with van der Waals surface area (Å²) in [4.78, 5) is 7.10. The molecule has 0 saturated carbocycles. The van der Waals surface area contributed by atoms with Crippen LogP contribution in [-0.2, 0) is 10.0 Å². The van der Waals surface area contributed by atoms with Gasteiger partial charge in [-0.2, -0.15) is 0 Å². The molecule has 0 spiro atoms. The van der Waals surface area contributed by atoms with Crippen LogP contribution in [-0.4, -0.2) is 23.5 Å². The number of aromatic hydroxyl groups is 1. The number of aryl methyl sites for hydroxylation is 1. The smallest absolute Gasteiger partial charge is 0.264 e. The summed E-state index contributed by atoms with van der Waals surface area (Å²) in [7, 11) is -3.80. The molecule has 2 aromatic rings. The first-order chi connectivity index (χ1) is 8.88. The van der Waals surface area contributed by atoms with Gasteiger partial charge in [0, 0.05) is 6.07 Å². The van der Waals surface area contributed by atoms with Crippen molar-refractivity contribution in [1.82, 2.24) is 9.97 Å². The number of nitrogens with zero attached hydrogens (tertiary/aromatic N) is 2. The number of phenols is 1. The zero-order valence-electron chi connectivity index (χ0n) is 9.83. The summed E-state index contributed by atoms with van der Waals surface area (Å²) < 4.78 is 26.3. The van der Waals surface area contributed by atoms with Gasteiger partial charge in [0.1, 0.15) is 10.6 Å². The predicted molar refractivity (Wildman–Crippen MR) is 70.7 cm³/mol. The molecule has 2 N–H and O–H groups in total. The Morgan fingerprint density at radius 3 is 2.47 bits per heavy atom. The molecule has 0 aliphatic rings. The van der Waals surface area contributed by atoms with Crippen LogP contribution in [0.25, 0.3) is 0 Å². The van der Waals surface area contributed by atoms with E-state index in [0.717, 1.165) is 12.4 Å². The molecule has 0 unspecified atom stereocenters. The quantitative estimate of drug-likeness (QED) is 0.845. The molecule has 8 heteroatoms. The number of phenolic OH excluding ortho intramolecular Hbond substituents is 1. The Hall–Kier alpha value is -1.86. The highest BCUT2D eigenvalue weighted by atomic mass is 35.5. The number of hydrogen-bond acceptors (Lipinski definition) is 5. The second-order valence-corrected chi connectivity index (χ2v) is 5.82. The maximum absolute atomic E-state index is 12.0. The molecule has 0 fully saturated rings. The summed E-state index contributed by atoms with van der Waals surface area (Å²) >= 11 is 5.49. The maximum atomic E-state index is 12.0. The third-order valence-corrected chi connectivity index (χ3v) is 3.90. The van der Waals surface area contributed by atoms with Crippen molar-refractivity contribution in [3.05, 3.63) is 41.4 Å². The van der Waals surface area contributed by atoms with E-state index in [1.807, 2.05) is 0 Å². The van der Waals surface area contributed by atoms with Gasteiger partial charge in [-0.15, -0.1) is 0 Å². The molecular weight excluding hydrogens is 290 g/mol. The number of rotatable bonds is 3. The zero-order valence-corrected chi connectivity index (χ0v) is 11.4. The fraction of sp³-hybridized carbons (Fsp3) is 0.0909. The monoisotopic (exact) mass is 299 g/mol. The Kier molecular flexibility index (Phi) is 3.59. The zero-order chi connectivity index (χ0) is 14.0. The van der Waals surface area contributed by atoms with Crippen molar-refractivity contribution in [2.75, 3.05) is 4.72 Å². The minimum absolute atomic E-state index is 0.00700. The van der Waals surface area contributed by atoms with Crippen LogP contribution in [0.2, 0.25) is 5.28 Å².